The summed E-state index contributed by atoms with van der Waals surface area (Å²) in [5.41, 5.74) is 10.8. The van der Waals surface area contributed by atoms with E-state index in [1.807, 2.05) is 53.7 Å². The van der Waals surface area contributed by atoms with Crippen LogP contribution in [-0.2, 0) is 6.42 Å². The van der Waals surface area contributed by atoms with Crippen LogP contribution < -0.4 is 0 Å². The summed E-state index contributed by atoms with van der Waals surface area (Å²) in [6, 6.07) is 24.3. The molecule has 0 saturated heterocycles. The highest BCUT2D eigenvalue weighted by atomic mass is 19.2. The summed E-state index contributed by atoms with van der Waals surface area (Å²) in [5, 5.41) is 16.2. The van der Waals surface area contributed by atoms with Crippen LogP contribution in [0.2, 0.25) is 6.32 Å². The van der Waals surface area contributed by atoms with Crippen LogP contribution in [0.5, 0.6) is 0 Å². The molecule has 0 amide bonds. The van der Waals surface area contributed by atoms with Gasteiger partial charge in [0.25, 0.3) is 0 Å². The highest BCUT2D eigenvalue weighted by Gasteiger charge is 2.10. The molecule has 0 unspecified atom stereocenters. The second-order valence-electron chi connectivity index (χ2n) is 14.5. The molecule has 6 aromatic carbocycles. The molecule has 0 radical (unpaired) electrons. The molecule has 0 saturated carbocycles. The number of aryl methyl sites for hydroxylation is 6. The molecule has 0 bridgehead atoms. The Balaban J connectivity index is 0.000000283. The zero-order valence-electron chi connectivity index (χ0n) is 34.8. The van der Waals surface area contributed by atoms with Crippen LogP contribution in [0.1, 0.15) is 89.8 Å². The molecule has 0 spiro atoms. The van der Waals surface area contributed by atoms with Crippen molar-refractivity contribution in [3.05, 3.63) is 188 Å². The Kier molecular flexibility index (Phi) is 18.7. The molecule has 61 heavy (non-hydrogen) atoms. The fourth-order valence-electron chi connectivity index (χ4n) is 6.52. The van der Waals surface area contributed by atoms with Gasteiger partial charge in [-0.05, 0) is 146 Å². The third-order valence-corrected chi connectivity index (χ3v) is 9.44. The van der Waals surface area contributed by atoms with Gasteiger partial charge in [0, 0.05) is 11.1 Å². The van der Waals surface area contributed by atoms with Gasteiger partial charge in [0.2, 0.25) is 0 Å². The average molecular weight is 833 g/mol. The van der Waals surface area contributed by atoms with Gasteiger partial charge < -0.3 is 10.0 Å². The summed E-state index contributed by atoms with van der Waals surface area (Å²) >= 11 is 0. The summed E-state index contributed by atoms with van der Waals surface area (Å²) in [4.78, 5) is 0. The van der Waals surface area contributed by atoms with Gasteiger partial charge in [-0.15, -0.1) is 0 Å². The van der Waals surface area contributed by atoms with Gasteiger partial charge in [-0.25, -0.2) is 26.3 Å². The maximum atomic E-state index is 14.5. The number of hydrogen-bond acceptors (Lipinski definition) is 2. The highest BCUT2D eigenvalue weighted by Crippen LogP contribution is 2.26. The van der Waals surface area contributed by atoms with Crippen molar-refractivity contribution in [3.8, 4) is 45.9 Å². The summed E-state index contributed by atoms with van der Waals surface area (Å²) in [6.45, 7) is 14.1. The van der Waals surface area contributed by atoms with Crippen LogP contribution >= 0.6 is 0 Å². The van der Waals surface area contributed by atoms with Crippen molar-refractivity contribution in [3.63, 3.8) is 0 Å². The first-order valence-corrected chi connectivity index (χ1v) is 19.6. The van der Waals surface area contributed by atoms with Crippen LogP contribution in [0.15, 0.2) is 97.1 Å². The molecule has 0 aliphatic heterocycles. The Morgan fingerprint density at radius 2 is 0.803 bits per heavy atom. The van der Waals surface area contributed by atoms with Crippen LogP contribution in [0.3, 0.4) is 0 Å². The van der Waals surface area contributed by atoms with Crippen molar-refractivity contribution in [1.82, 2.24) is 0 Å². The fourth-order valence-corrected chi connectivity index (χ4v) is 6.52. The van der Waals surface area contributed by atoms with E-state index in [4.69, 9.17) is 10.0 Å². The lowest BCUT2D eigenvalue weighted by molar-refractivity contribution is 0.404. The van der Waals surface area contributed by atoms with E-state index in [2.05, 4.69) is 42.7 Å². The van der Waals surface area contributed by atoms with Crippen LogP contribution in [0.25, 0.3) is 22.3 Å². The van der Waals surface area contributed by atoms with Gasteiger partial charge in [0.15, 0.2) is 23.3 Å². The lowest BCUT2D eigenvalue weighted by Crippen LogP contribution is -2.08. The minimum atomic E-state index is -1.10. The second-order valence-corrected chi connectivity index (χ2v) is 14.5. The number of hydrogen-bond donors (Lipinski definition) is 2. The van der Waals surface area contributed by atoms with Gasteiger partial charge in [0.1, 0.15) is 11.6 Å². The van der Waals surface area contributed by atoms with Gasteiger partial charge in [-0.2, -0.15) is 0 Å². The predicted molar refractivity (Wildman–Crippen MR) is 238 cm³/mol. The Hall–Kier alpha value is -6.00. The molecule has 0 heterocycles. The maximum Gasteiger partial charge on any atom is 0.451 e. The zero-order valence-corrected chi connectivity index (χ0v) is 34.8. The third kappa shape index (κ3) is 14.0. The van der Waals surface area contributed by atoms with Crippen molar-refractivity contribution < 1.29 is 36.4 Å². The number of benzene rings is 6. The predicted octanol–water partition coefficient (Wildman–Crippen LogP) is 13.3. The van der Waals surface area contributed by atoms with Crippen LogP contribution in [-0.4, -0.2) is 17.2 Å². The summed E-state index contributed by atoms with van der Waals surface area (Å²) in [6.07, 6.45) is 3.42. The third-order valence-electron chi connectivity index (χ3n) is 9.44. The molecule has 0 aliphatic rings. The molecule has 0 aliphatic carbocycles. The van der Waals surface area contributed by atoms with E-state index in [0.717, 1.165) is 82.5 Å². The molecule has 0 aromatic heterocycles. The first kappa shape index (κ1) is 49.4. The van der Waals surface area contributed by atoms with E-state index < -0.39 is 42.0 Å². The topological polar surface area (TPSA) is 40.5 Å². The van der Waals surface area contributed by atoms with Crippen molar-refractivity contribution in [2.45, 2.75) is 81.5 Å². The maximum absolute atomic E-state index is 14.5. The lowest BCUT2D eigenvalue weighted by Gasteiger charge is -2.07. The van der Waals surface area contributed by atoms with Crippen LogP contribution in [0.4, 0.5) is 26.3 Å². The smallest absolute Gasteiger partial charge is 0.427 e. The van der Waals surface area contributed by atoms with E-state index in [0.29, 0.717) is 28.6 Å². The Bertz CT molecular complexity index is 2550. The van der Waals surface area contributed by atoms with E-state index in [9.17, 15) is 26.3 Å². The van der Waals surface area contributed by atoms with E-state index in [1.54, 1.807) is 24.3 Å². The molecule has 316 valence electrons. The molecule has 6 aromatic rings. The summed E-state index contributed by atoms with van der Waals surface area (Å²) in [7, 11) is -1.10. The number of halogens is 6. The standard InChI is InChI=1S/C25H21F3.C23H17F3.C3H9BO2.CH4/c1-4-5-18-12-16(2)22(17(3)13-18)10-8-19-6-7-20(14-24(19)27)21-9-11-23(26)25(28)15-21;1-14-10-15(2)20(16(3)11-14)8-6-17-4-5-18(12-22(17)25)19-7-9-21(24)23(26)13-19;1-2-3-4(5)6;/h6-7,9,11-15H,4-5H2,1-3H3;4-5,7,9-13H,1-3H3;5-6H,2-3H2,1H3;1H4. The normalized spacial score (nSPS) is 10.1. The second kappa shape index (κ2) is 23.1. The zero-order chi connectivity index (χ0) is 44.1. The van der Waals surface area contributed by atoms with Gasteiger partial charge in [0.05, 0.1) is 11.1 Å². The molecule has 6 rings (SSSR count). The first-order valence-electron chi connectivity index (χ1n) is 19.6. The Morgan fingerprint density at radius 3 is 1.11 bits per heavy atom. The molecule has 0 fully saturated rings. The Morgan fingerprint density at radius 1 is 0.443 bits per heavy atom. The van der Waals surface area contributed by atoms with Gasteiger partial charge in [-0.3, -0.25) is 0 Å². The highest BCUT2D eigenvalue weighted by molar-refractivity contribution is 6.40. The molecular formula is C52H51BF6O2. The SMILES string of the molecule is C.CCCB(O)O.CCCc1cc(C)c(C#Cc2ccc(-c3ccc(F)c(F)c3)cc2F)c(C)c1.Cc1cc(C)c(C#Cc2ccc(-c3ccc(F)c(F)c3)cc2F)c(C)c1. The molecular weight excluding hydrogens is 781 g/mol. The van der Waals surface area contributed by atoms with E-state index in [1.165, 1.54) is 29.8 Å². The fraction of sp³-hybridized carbons (Fsp3) is 0.231. The summed E-state index contributed by atoms with van der Waals surface area (Å²) < 4.78 is 81.8. The first-order chi connectivity index (χ1) is 28.5. The average Bonchev–Trinajstić information content (AvgIpc) is 3.18. The van der Waals surface area contributed by atoms with Gasteiger partial charge in [-0.1, -0.05) is 112 Å². The van der Waals surface area contributed by atoms with Gasteiger partial charge >= 0.3 is 7.12 Å². The molecule has 2 nitrogen and oxygen atoms in total. The molecule has 9 heteroatoms. The monoisotopic (exact) mass is 832 g/mol. The summed E-state index contributed by atoms with van der Waals surface area (Å²) in [5.74, 6) is 7.13. The molecule has 0 atom stereocenters. The largest absolute Gasteiger partial charge is 0.451 e. The quantitative estimate of drug-likeness (QED) is 0.0997. The Labute approximate surface area is 357 Å². The minimum absolute atomic E-state index is 0. The lowest BCUT2D eigenvalue weighted by atomic mass is 9.85. The number of rotatable bonds is 6. The van der Waals surface area contributed by atoms with Crippen molar-refractivity contribution in [2.24, 2.45) is 0 Å². The van der Waals surface area contributed by atoms with E-state index >= 15 is 0 Å². The minimum Gasteiger partial charge on any atom is -0.427 e. The van der Waals surface area contributed by atoms with Crippen molar-refractivity contribution in [1.29, 1.82) is 0 Å². The molecule has 2 N–H and O–H groups in total. The van der Waals surface area contributed by atoms with Crippen molar-refractivity contribution in [2.75, 3.05) is 0 Å². The van der Waals surface area contributed by atoms with E-state index in [-0.39, 0.29) is 18.6 Å². The van der Waals surface area contributed by atoms with Crippen molar-refractivity contribution >= 4 is 7.12 Å². The van der Waals surface area contributed by atoms with Crippen LogP contribution in [0, 0.1) is 93.2 Å².